The third-order valence-corrected chi connectivity index (χ3v) is 3.59. The lowest BCUT2D eigenvalue weighted by Crippen LogP contribution is -2.33. The largest absolute Gasteiger partial charge is 0.496 e. The van der Waals surface area contributed by atoms with Gasteiger partial charge in [-0.2, -0.15) is 0 Å². The SMILES string of the molecule is COc1cc(C(=O)N(CCO)Cc2nc[nH]c2C)ccc1C. The van der Waals surface area contributed by atoms with E-state index in [1.165, 1.54) is 0 Å². The van der Waals surface area contributed by atoms with Gasteiger partial charge in [0, 0.05) is 17.8 Å². The zero-order valence-electron chi connectivity index (χ0n) is 13.1. The Morgan fingerprint density at radius 3 is 2.77 bits per heavy atom. The molecule has 6 nitrogen and oxygen atoms in total. The number of nitrogens with one attached hydrogen (secondary N) is 1. The second kappa shape index (κ2) is 7.09. The van der Waals surface area contributed by atoms with Crippen molar-refractivity contribution in [1.29, 1.82) is 0 Å². The monoisotopic (exact) mass is 303 g/mol. The fourth-order valence-electron chi connectivity index (χ4n) is 2.24. The van der Waals surface area contributed by atoms with Crippen LogP contribution in [0.1, 0.15) is 27.3 Å². The number of hydrogen-bond acceptors (Lipinski definition) is 4. The number of imidazole rings is 1. The summed E-state index contributed by atoms with van der Waals surface area (Å²) in [6.45, 7) is 4.33. The molecule has 2 aromatic rings. The first-order chi connectivity index (χ1) is 10.6. The molecule has 6 heteroatoms. The minimum absolute atomic E-state index is 0.0990. The predicted octanol–water partition coefficient (Wildman–Crippen LogP) is 1.67. The average Bonchev–Trinajstić information content (AvgIpc) is 2.92. The van der Waals surface area contributed by atoms with Crippen molar-refractivity contribution in [2.75, 3.05) is 20.3 Å². The van der Waals surface area contributed by atoms with Crippen LogP contribution in [0.2, 0.25) is 0 Å². The number of aryl methyl sites for hydroxylation is 2. The lowest BCUT2D eigenvalue weighted by Gasteiger charge is -2.21. The van der Waals surface area contributed by atoms with E-state index in [9.17, 15) is 9.90 Å². The number of aliphatic hydroxyl groups is 1. The number of nitrogens with zero attached hydrogens (tertiary/aromatic N) is 2. The molecule has 0 saturated heterocycles. The summed E-state index contributed by atoms with van der Waals surface area (Å²) in [6.07, 6.45) is 1.60. The second-order valence-corrected chi connectivity index (χ2v) is 5.11. The molecule has 0 spiro atoms. The highest BCUT2D eigenvalue weighted by Crippen LogP contribution is 2.20. The number of aromatic nitrogens is 2. The minimum Gasteiger partial charge on any atom is -0.496 e. The van der Waals surface area contributed by atoms with Crippen molar-refractivity contribution in [3.05, 3.63) is 47.0 Å². The van der Waals surface area contributed by atoms with E-state index in [-0.39, 0.29) is 19.1 Å². The quantitative estimate of drug-likeness (QED) is 0.851. The van der Waals surface area contributed by atoms with Crippen molar-refractivity contribution in [2.24, 2.45) is 0 Å². The molecular formula is C16H21N3O3. The third kappa shape index (κ3) is 3.46. The highest BCUT2D eigenvalue weighted by atomic mass is 16.5. The van der Waals surface area contributed by atoms with E-state index >= 15 is 0 Å². The number of H-pyrrole nitrogens is 1. The average molecular weight is 303 g/mol. The molecule has 2 N–H and O–H groups in total. The summed E-state index contributed by atoms with van der Waals surface area (Å²) >= 11 is 0. The predicted molar refractivity (Wildman–Crippen MR) is 82.9 cm³/mol. The van der Waals surface area contributed by atoms with E-state index < -0.39 is 0 Å². The van der Waals surface area contributed by atoms with Gasteiger partial charge in [0.2, 0.25) is 0 Å². The summed E-state index contributed by atoms with van der Waals surface area (Å²) in [5, 5.41) is 9.23. The summed E-state index contributed by atoms with van der Waals surface area (Å²) in [6, 6.07) is 5.34. The first kappa shape index (κ1) is 16.0. The lowest BCUT2D eigenvalue weighted by molar-refractivity contribution is 0.0705. The van der Waals surface area contributed by atoms with Crippen LogP contribution < -0.4 is 4.74 Å². The summed E-state index contributed by atoms with van der Waals surface area (Å²) in [5.41, 5.74) is 3.21. The number of carbonyl (C=O) groups excluding carboxylic acids is 1. The van der Waals surface area contributed by atoms with Crippen molar-refractivity contribution in [1.82, 2.24) is 14.9 Å². The van der Waals surface area contributed by atoms with Gasteiger partial charge in [-0.05, 0) is 31.5 Å². The van der Waals surface area contributed by atoms with Gasteiger partial charge in [0.15, 0.2) is 0 Å². The maximum absolute atomic E-state index is 12.7. The Bertz CT molecular complexity index is 652. The van der Waals surface area contributed by atoms with E-state index in [4.69, 9.17) is 4.74 Å². The lowest BCUT2D eigenvalue weighted by atomic mass is 10.1. The molecule has 2 rings (SSSR count). The fourth-order valence-corrected chi connectivity index (χ4v) is 2.24. The van der Waals surface area contributed by atoms with Crippen LogP contribution in [-0.2, 0) is 6.54 Å². The number of aromatic amines is 1. The van der Waals surface area contributed by atoms with Gasteiger partial charge in [-0.1, -0.05) is 6.07 Å². The fraction of sp³-hybridized carbons (Fsp3) is 0.375. The smallest absolute Gasteiger partial charge is 0.254 e. The molecule has 0 unspecified atom stereocenters. The maximum Gasteiger partial charge on any atom is 0.254 e. The molecule has 0 fully saturated rings. The third-order valence-electron chi connectivity index (χ3n) is 3.59. The van der Waals surface area contributed by atoms with Gasteiger partial charge in [-0.25, -0.2) is 4.98 Å². The molecule has 0 aliphatic rings. The molecule has 1 heterocycles. The van der Waals surface area contributed by atoms with Crippen LogP contribution in [-0.4, -0.2) is 46.1 Å². The van der Waals surface area contributed by atoms with Crippen LogP contribution in [0.25, 0.3) is 0 Å². The Morgan fingerprint density at radius 2 is 2.18 bits per heavy atom. The van der Waals surface area contributed by atoms with Crippen molar-refractivity contribution in [2.45, 2.75) is 20.4 Å². The molecule has 118 valence electrons. The van der Waals surface area contributed by atoms with Gasteiger partial charge in [0.1, 0.15) is 5.75 Å². The summed E-state index contributed by atoms with van der Waals surface area (Å²) in [5.74, 6) is 0.514. The van der Waals surface area contributed by atoms with Gasteiger partial charge in [-0.3, -0.25) is 4.79 Å². The van der Waals surface area contributed by atoms with Gasteiger partial charge < -0.3 is 19.7 Å². The standard InChI is InChI=1S/C16H21N3O3/c1-11-4-5-13(8-15(11)22-3)16(21)19(6-7-20)9-14-12(2)17-10-18-14/h4-5,8,10,20H,6-7,9H2,1-3H3,(H,17,18). The van der Waals surface area contributed by atoms with Gasteiger partial charge in [0.25, 0.3) is 5.91 Å². The molecule has 0 saturated carbocycles. The molecule has 0 bridgehead atoms. The van der Waals surface area contributed by atoms with Crippen molar-refractivity contribution in [3.8, 4) is 5.75 Å². The molecule has 0 atom stereocenters. The molecular weight excluding hydrogens is 282 g/mol. The Hall–Kier alpha value is -2.34. The molecule has 0 aliphatic carbocycles. The number of carbonyl (C=O) groups is 1. The minimum atomic E-state index is -0.158. The number of ether oxygens (including phenoxy) is 1. The topological polar surface area (TPSA) is 78.4 Å². The van der Waals surface area contributed by atoms with E-state index in [2.05, 4.69) is 9.97 Å². The Labute approximate surface area is 129 Å². The molecule has 1 aromatic carbocycles. The maximum atomic E-state index is 12.7. The molecule has 22 heavy (non-hydrogen) atoms. The number of benzene rings is 1. The van der Waals surface area contributed by atoms with Crippen molar-refractivity contribution >= 4 is 5.91 Å². The second-order valence-electron chi connectivity index (χ2n) is 5.11. The van der Waals surface area contributed by atoms with Gasteiger partial charge in [0.05, 0.1) is 32.3 Å². The zero-order chi connectivity index (χ0) is 16.1. The number of amides is 1. The van der Waals surface area contributed by atoms with Crippen molar-refractivity contribution in [3.63, 3.8) is 0 Å². The normalized spacial score (nSPS) is 10.5. The van der Waals surface area contributed by atoms with Crippen LogP contribution in [0.4, 0.5) is 0 Å². The summed E-state index contributed by atoms with van der Waals surface area (Å²) < 4.78 is 5.26. The molecule has 0 radical (unpaired) electrons. The highest BCUT2D eigenvalue weighted by Gasteiger charge is 2.18. The zero-order valence-corrected chi connectivity index (χ0v) is 13.1. The Balaban J connectivity index is 2.24. The van der Waals surface area contributed by atoms with E-state index in [1.807, 2.05) is 19.9 Å². The van der Waals surface area contributed by atoms with Gasteiger partial charge in [-0.15, -0.1) is 0 Å². The van der Waals surface area contributed by atoms with E-state index in [0.717, 1.165) is 17.0 Å². The van der Waals surface area contributed by atoms with E-state index in [0.29, 0.717) is 17.9 Å². The van der Waals surface area contributed by atoms with Crippen molar-refractivity contribution < 1.29 is 14.6 Å². The van der Waals surface area contributed by atoms with Crippen LogP contribution in [0.15, 0.2) is 24.5 Å². The van der Waals surface area contributed by atoms with E-state index in [1.54, 1.807) is 30.5 Å². The van der Waals surface area contributed by atoms with Gasteiger partial charge >= 0.3 is 0 Å². The molecule has 1 aromatic heterocycles. The van der Waals surface area contributed by atoms with Crippen LogP contribution in [0, 0.1) is 13.8 Å². The first-order valence-electron chi connectivity index (χ1n) is 7.10. The number of methoxy groups -OCH3 is 1. The number of hydrogen-bond donors (Lipinski definition) is 2. The number of aliphatic hydroxyl groups excluding tert-OH is 1. The molecule has 1 amide bonds. The highest BCUT2D eigenvalue weighted by molar-refractivity contribution is 5.94. The number of rotatable bonds is 6. The summed E-state index contributed by atoms with van der Waals surface area (Å²) in [4.78, 5) is 21.4. The van der Waals surface area contributed by atoms with Crippen LogP contribution >= 0.6 is 0 Å². The van der Waals surface area contributed by atoms with Crippen LogP contribution in [0.5, 0.6) is 5.75 Å². The molecule has 0 aliphatic heterocycles. The van der Waals surface area contributed by atoms with Crippen LogP contribution in [0.3, 0.4) is 0 Å². The Morgan fingerprint density at radius 1 is 1.41 bits per heavy atom. The first-order valence-corrected chi connectivity index (χ1v) is 7.10. The Kier molecular flexibility index (Phi) is 5.16. The summed E-state index contributed by atoms with van der Waals surface area (Å²) in [7, 11) is 1.58.